The number of ether oxygens (including phenoxy) is 1. The van der Waals surface area contributed by atoms with Gasteiger partial charge in [-0.25, -0.2) is 10.1 Å². The summed E-state index contributed by atoms with van der Waals surface area (Å²) < 4.78 is 10.9. The largest absolute Gasteiger partial charge is 0.408 e. The number of hydrogen-bond donors (Lipinski definition) is 1. The molecule has 0 aliphatic carbocycles. The maximum atomic E-state index is 5.62. The van der Waals surface area contributed by atoms with Crippen LogP contribution in [0.4, 0.5) is 0 Å². The van der Waals surface area contributed by atoms with E-state index in [0.29, 0.717) is 5.89 Å². The second-order valence-electron chi connectivity index (χ2n) is 3.89. The molecule has 0 spiro atoms. The predicted octanol–water partition coefficient (Wildman–Crippen LogP) is 3.02. The number of hydrogen-bond acceptors (Lipinski definition) is 6. The Labute approximate surface area is 107 Å². The topological polar surface area (TPSA) is 63.9 Å². The summed E-state index contributed by atoms with van der Waals surface area (Å²) in [5.41, 5.74) is 0.908. The molecule has 5 nitrogen and oxygen atoms in total. The molecule has 3 rings (SSSR count). The molecule has 17 heavy (non-hydrogen) atoms. The summed E-state index contributed by atoms with van der Waals surface area (Å²) in [5.74, 6) is 0.509. The zero-order chi connectivity index (χ0) is 11.8. The van der Waals surface area contributed by atoms with Crippen molar-refractivity contribution < 1.29 is 9.15 Å². The first-order chi connectivity index (χ1) is 8.24. The van der Waals surface area contributed by atoms with Crippen molar-refractivity contribution in [2.24, 2.45) is 0 Å². The van der Waals surface area contributed by atoms with E-state index in [9.17, 15) is 0 Å². The van der Waals surface area contributed by atoms with Crippen LogP contribution in [-0.2, 0) is 4.74 Å². The molecule has 1 saturated heterocycles. The predicted molar refractivity (Wildman–Crippen MR) is 65.5 cm³/mol. The fraction of sp³-hybridized carbons (Fsp3) is 0.500. The van der Waals surface area contributed by atoms with Crippen LogP contribution in [0.1, 0.15) is 29.6 Å². The van der Waals surface area contributed by atoms with Crippen LogP contribution in [0.5, 0.6) is 0 Å². The quantitative estimate of drug-likeness (QED) is 0.849. The number of aromatic amines is 1. The van der Waals surface area contributed by atoms with E-state index in [1.807, 2.05) is 6.92 Å². The number of aryl methyl sites for hydroxylation is 1. The third-order valence-electron chi connectivity index (χ3n) is 2.65. The smallest absolute Gasteiger partial charge is 0.284 e. The van der Waals surface area contributed by atoms with Gasteiger partial charge in [-0.3, -0.25) is 0 Å². The van der Waals surface area contributed by atoms with Gasteiger partial charge in [-0.05, 0) is 32.0 Å². The van der Waals surface area contributed by atoms with Crippen molar-refractivity contribution in [2.45, 2.75) is 25.9 Å². The molecule has 2 aromatic heterocycles. The lowest BCUT2D eigenvalue weighted by atomic mass is 10.2. The number of thiazole rings is 1. The molecule has 0 bridgehead atoms. The van der Waals surface area contributed by atoms with Crippen LogP contribution in [0.15, 0.2) is 4.42 Å². The second-order valence-corrected chi connectivity index (χ2v) is 5.29. The summed E-state index contributed by atoms with van der Waals surface area (Å²) in [7, 11) is 0. The van der Waals surface area contributed by atoms with Gasteiger partial charge in [-0.2, -0.15) is 0 Å². The number of H-pyrrole nitrogens is 1. The SMILES string of the molecule is Cc1nc(C2CCCO2)sc1-c1n[nH]c(=S)o1. The normalized spacial score (nSPS) is 19.9. The molecule has 1 fully saturated rings. The summed E-state index contributed by atoms with van der Waals surface area (Å²) in [6.07, 6.45) is 2.27. The average molecular weight is 269 g/mol. The minimum Gasteiger partial charge on any atom is -0.408 e. The molecule has 3 heterocycles. The number of nitrogens with zero attached hydrogens (tertiary/aromatic N) is 2. The molecule has 2 aromatic rings. The van der Waals surface area contributed by atoms with Crippen LogP contribution in [0, 0.1) is 11.8 Å². The third-order valence-corrected chi connectivity index (χ3v) is 4.06. The Balaban J connectivity index is 1.98. The summed E-state index contributed by atoms with van der Waals surface area (Å²) >= 11 is 6.43. The number of aromatic nitrogens is 3. The summed E-state index contributed by atoms with van der Waals surface area (Å²) in [6, 6.07) is 0. The zero-order valence-corrected chi connectivity index (χ0v) is 10.9. The minimum absolute atomic E-state index is 0.134. The van der Waals surface area contributed by atoms with Crippen molar-refractivity contribution in [2.75, 3.05) is 6.61 Å². The van der Waals surface area contributed by atoms with Crippen molar-refractivity contribution in [3.63, 3.8) is 0 Å². The van der Waals surface area contributed by atoms with Crippen LogP contribution in [-0.4, -0.2) is 21.8 Å². The molecule has 0 aromatic carbocycles. The van der Waals surface area contributed by atoms with Gasteiger partial charge < -0.3 is 9.15 Å². The highest BCUT2D eigenvalue weighted by atomic mass is 32.1. The minimum atomic E-state index is 0.134. The van der Waals surface area contributed by atoms with Crippen LogP contribution in [0.2, 0.25) is 0 Å². The van der Waals surface area contributed by atoms with E-state index in [0.717, 1.165) is 35.0 Å². The highest BCUT2D eigenvalue weighted by molar-refractivity contribution is 7.71. The first-order valence-corrected chi connectivity index (χ1v) is 6.61. The third kappa shape index (κ3) is 2.05. The summed E-state index contributed by atoms with van der Waals surface area (Å²) in [5, 5.41) is 7.64. The standard InChI is InChI=1S/C10H11N3O2S2/c1-5-7(8-12-13-10(16)15-8)17-9(11-5)6-3-2-4-14-6/h6H,2-4H2,1H3,(H,13,16). The fourth-order valence-electron chi connectivity index (χ4n) is 1.85. The highest BCUT2D eigenvalue weighted by Gasteiger charge is 2.24. The van der Waals surface area contributed by atoms with Gasteiger partial charge in [0.2, 0.25) is 0 Å². The summed E-state index contributed by atoms with van der Waals surface area (Å²) in [4.78, 5) is 5.73. The molecule has 90 valence electrons. The van der Waals surface area contributed by atoms with Crippen molar-refractivity contribution >= 4 is 23.6 Å². The second kappa shape index (κ2) is 4.32. The Bertz CT molecular complexity index is 580. The fourth-order valence-corrected chi connectivity index (χ4v) is 3.05. The van der Waals surface area contributed by atoms with Gasteiger partial charge in [0, 0.05) is 6.61 Å². The molecule has 1 aliphatic heterocycles. The molecule has 1 atom stereocenters. The van der Waals surface area contributed by atoms with E-state index >= 15 is 0 Å². The molecule has 0 saturated carbocycles. The Hall–Kier alpha value is -1.05. The van der Waals surface area contributed by atoms with E-state index in [1.54, 1.807) is 11.3 Å². The summed E-state index contributed by atoms with van der Waals surface area (Å²) in [6.45, 7) is 2.76. The van der Waals surface area contributed by atoms with Gasteiger partial charge in [0.05, 0.1) is 5.69 Å². The van der Waals surface area contributed by atoms with Gasteiger partial charge in [0.1, 0.15) is 16.0 Å². The molecule has 0 amide bonds. The van der Waals surface area contributed by atoms with Gasteiger partial charge in [-0.1, -0.05) is 0 Å². The Morgan fingerprint density at radius 1 is 1.53 bits per heavy atom. The van der Waals surface area contributed by atoms with Crippen LogP contribution >= 0.6 is 23.6 Å². The number of rotatable bonds is 2. The van der Waals surface area contributed by atoms with Crippen molar-refractivity contribution in [1.82, 2.24) is 15.2 Å². The first-order valence-electron chi connectivity index (χ1n) is 5.39. The molecule has 7 heteroatoms. The van der Waals surface area contributed by atoms with Gasteiger partial charge in [-0.15, -0.1) is 16.4 Å². The number of nitrogens with one attached hydrogen (secondary N) is 1. The lowest BCUT2D eigenvalue weighted by Crippen LogP contribution is -1.94. The maximum Gasteiger partial charge on any atom is 0.284 e. The zero-order valence-electron chi connectivity index (χ0n) is 9.23. The van der Waals surface area contributed by atoms with E-state index in [4.69, 9.17) is 21.4 Å². The van der Waals surface area contributed by atoms with Gasteiger partial charge >= 0.3 is 0 Å². The maximum absolute atomic E-state index is 5.62. The molecule has 1 aliphatic rings. The van der Waals surface area contributed by atoms with E-state index < -0.39 is 0 Å². The van der Waals surface area contributed by atoms with E-state index in [2.05, 4.69) is 15.2 Å². The van der Waals surface area contributed by atoms with Gasteiger partial charge in [0.15, 0.2) is 0 Å². The molecular formula is C10H11N3O2S2. The van der Waals surface area contributed by atoms with Crippen LogP contribution in [0.25, 0.3) is 10.8 Å². The van der Waals surface area contributed by atoms with E-state index in [1.165, 1.54) is 0 Å². The van der Waals surface area contributed by atoms with Gasteiger partial charge in [0.25, 0.3) is 10.7 Å². The molecule has 1 unspecified atom stereocenters. The lowest BCUT2D eigenvalue weighted by Gasteiger charge is -2.02. The van der Waals surface area contributed by atoms with Crippen molar-refractivity contribution in [3.8, 4) is 10.8 Å². The Morgan fingerprint density at radius 3 is 3.06 bits per heavy atom. The average Bonchev–Trinajstić information content (AvgIpc) is 2.97. The van der Waals surface area contributed by atoms with E-state index in [-0.39, 0.29) is 10.9 Å². The first kappa shape index (κ1) is 11.1. The highest BCUT2D eigenvalue weighted by Crippen LogP contribution is 2.36. The van der Waals surface area contributed by atoms with Crippen LogP contribution in [0.3, 0.4) is 0 Å². The van der Waals surface area contributed by atoms with Crippen LogP contribution < -0.4 is 0 Å². The molecular weight excluding hydrogens is 258 g/mol. The Kier molecular flexibility index (Phi) is 2.81. The molecule has 1 N–H and O–H groups in total. The Morgan fingerprint density at radius 2 is 2.41 bits per heavy atom. The van der Waals surface area contributed by atoms with Crippen molar-refractivity contribution in [1.29, 1.82) is 0 Å². The van der Waals surface area contributed by atoms with Crippen molar-refractivity contribution in [3.05, 3.63) is 15.5 Å². The lowest BCUT2D eigenvalue weighted by molar-refractivity contribution is 0.111. The monoisotopic (exact) mass is 269 g/mol. The molecule has 0 radical (unpaired) electrons.